The van der Waals surface area contributed by atoms with Gasteiger partial charge in [0.05, 0.1) is 13.7 Å². The lowest BCUT2D eigenvalue weighted by Crippen LogP contribution is -2.47. The molecule has 0 spiro atoms. The molecule has 2 aromatic rings. The first kappa shape index (κ1) is 20.2. The number of ether oxygens (including phenoxy) is 2. The molecule has 0 atom stereocenters. The van der Waals surface area contributed by atoms with Crippen molar-refractivity contribution in [2.24, 2.45) is 0 Å². The van der Waals surface area contributed by atoms with Crippen LogP contribution in [0.1, 0.15) is 11.8 Å². The molecule has 8 nitrogen and oxygen atoms in total. The molecule has 0 saturated carbocycles. The van der Waals surface area contributed by atoms with Crippen LogP contribution < -0.4 is 14.8 Å². The predicted octanol–water partition coefficient (Wildman–Crippen LogP) is 1.83. The molecule has 0 aliphatic carbocycles. The minimum atomic E-state index is -0.263. The number of methoxy groups -OCH3 is 1. The average Bonchev–Trinajstić information content (AvgIpc) is 3.10. The molecule has 9 heteroatoms. The van der Waals surface area contributed by atoms with Gasteiger partial charge in [-0.1, -0.05) is 0 Å². The largest absolute Gasteiger partial charge is 0.497 e. The van der Waals surface area contributed by atoms with Crippen molar-refractivity contribution in [1.82, 2.24) is 14.8 Å². The van der Waals surface area contributed by atoms with Crippen LogP contribution in [0.15, 0.2) is 30.5 Å². The second kappa shape index (κ2) is 9.63. The van der Waals surface area contributed by atoms with Crippen LogP contribution in [0.4, 0.5) is 5.13 Å². The first-order valence-electron chi connectivity index (χ1n) is 9.03. The molecule has 1 aromatic carbocycles. The van der Waals surface area contributed by atoms with Gasteiger partial charge in [-0.3, -0.25) is 19.4 Å². The third-order valence-corrected chi connectivity index (χ3v) is 5.22. The van der Waals surface area contributed by atoms with Crippen molar-refractivity contribution in [3.8, 4) is 11.5 Å². The van der Waals surface area contributed by atoms with Gasteiger partial charge in [-0.2, -0.15) is 0 Å². The van der Waals surface area contributed by atoms with E-state index in [1.54, 1.807) is 37.6 Å². The summed E-state index contributed by atoms with van der Waals surface area (Å²) in [7, 11) is 1.59. The number of carbonyl (C=O) groups is 2. The smallest absolute Gasteiger partial charge is 0.325 e. The summed E-state index contributed by atoms with van der Waals surface area (Å²) >= 11 is 1.49. The fourth-order valence-corrected chi connectivity index (χ4v) is 3.81. The summed E-state index contributed by atoms with van der Waals surface area (Å²) in [5.41, 5.74) is 0. The Morgan fingerprint density at radius 3 is 2.39 bits per heavy atom. The molecule has 150 valence electrons. The van der Waals surface area contributed by atoms with Crippen molar-refractivity contribution in [1.29, 1.82) is 0 Å². The molecule has 28 heavy (non-hydrogen) atoms. The van der Waals surface area contributed by atoms with Gasteiger partial charge in [0, 0.05) is 50.7 Å². The van der Waals surface area contributed by atoms with Crippen LogP contribution in [0.25, 0.3) is 0 Å². The second-order valence-corrected chi connectivity index (χ2v) is 7.63. The van der Waals surface area contributed by atoms with Crippen LogP contribution in [-0.4, -0.2) is 66.5 Å². The number of anilines is 1. The summed E-state index contributed by atoms with van der Waals surface area (Å²) in [5.74, 6) is 0.864. The number of aromatic nitrogens is 1. The highest BCUT2D eigenvalue weighted by Gasteiger charge is 2.20. The molecule has 0 unspecified atom stereocenters. The van der Waals surface area contributed by atoms with E-state index in [4.69, 9.17) is 9.47 Å². The van der Waals surface area contributed by atoms with E-state index < -0.39 is 0 Å². The van der Waals surface area contributed by atoms with E-state index in [0.717, 1.165) is 43.4 Å². The Bertz CT molecular complexity index is 801. The number of hydrogen-bond donors (Lipinski definition) is 1. The Balaban J connectivity index is 1.40. The van der Waals surface area contributed by atoms with E-state index >= 15 is 0 Å². The number of piperazine rings is 1. The summed E-state index contributed by atoms with van der Waals surface area (Å²) in [6, 6.07) is 6.97. The zero-order valence-corrected chi connectivity index (χ0v) is 16.8. The van der Waals surface area contributed by atoms with E-state index in [-0.39, 0.29) is 18.4 Å². The van der Waals surface area contributed by atoms with Crippen LogP contribution in [0.3, 0.4) is 0 Å². The van der Waals surface area contributed by atoms with Gasteiger partial charge in [0.25, 0.3) is 0 Å². The molecular weight excluding hydrogens is 380 g/mol. The summed E-state index contributed by atoms with van der Waals surface area (Å²) in [6.07, 6.45) is 1.80. The van der Waals surface area contributed by atoms with Crippen LogP contribution in [-0.2, 0) is 16.1 Å². The fourth-order valence-electron chi connectivity index (χ4n) is 2.90. The second-order valence-electron chi connectivity index (χ2n) is 6.51. The molecule has 0 bridgehead atoms. The first-order valence-corrected chi connectivity index (χ1v) is 9.85. The quantitative estimate of drug-likeness (QED) is 0.557. The molecule has 3 rings (SSSR count). The lowest BCUT2D eigenvalue weighted by Gasteiger charge is -2.33. The number of hydrogen-bond acceptors (Lipinski definition) is 8. The van der Waals surface area contributed by atoms with Crippen LogP contribution in [0.5, 0.6) is 11.5 Å². The molecule has 1 aliphatic heterocycles. The molecule has 1 aliphatic rings. The maximum absolute atomic E-state index is 12.1. The van der Waals surface area contributed by atoms with Gasteiger partial charge >= 0.3 is 5.97 Å². The van der Waals surface area contributed by atoms with Gasteiger partial charge in [0.15, 0.2) is 5.13 Å². The van der Waals surface area contributed by atoms with E-state index in [2.05, 4.69) is 20.1 Å². The van der Waals surface area contributed by atoms with Crippen molar-refractivity contribution in [2.75, 3.05) is 45.2 Å². The van der Waals surface area contributed by atoms with E-state index in [1.165, 1.54) is 18.3 Å². The Hall–Kier alpha value is -2.49. The number of amides is 1. The summed E-state index contributed by atoms with van der Waals surface area (Å²) < 4.78 is 10.5. The third-order valence-electron chi connectivity index (χ3n) is 4.32. The highest BCUT2D eigenvalue weighted by atomic mass is 32.1. The number of thiazole rings is 1. The van der Waals surface area contributed by atoms with Crippen molar-refractivity contribution in [2.45, 2.75) is 13.5 Å². The van der Waals surface area contributed by atoms with Crippen LogP contribution >= 0.6 is 11.3 Å². The lowest BCUT2D eigenvalue weighted by molar-refractivity contribution is -0.136. The lowest BCUT2D eigenvalue weighted by atomic mass is 10.3. The van der Waals surface area contributed by atoms with Gasteiger partial charge in [-0.05, 0) is 24.3 Å². The molecule has 1 fully saturated rings. The zero-order chi connectivity index (χ0) is 19.9. The summed E-state index contributed by atoms with van der Waals surface area (Å²) in [4.78, 5) is 33.0. The number of benzene rings is 1. The Labute approximate surface area is 168 Å². The molecular formula is C19H24N4O4S. The maximum Gasteiger partial charge on any atom is 0.325 e. The highest BCUT2D eigenvalue weighted by Crippen LogP contribution is 2.20. The van der Waals surface area contributed by atoms with Crippen molar-refractivity contribution in [3.63, 3.8) is 0 Å². The third kappa shape index (κ3) is 6.01. The van der Waals surface area contributed by atoms with Crippen LogP contribution in [0.2, 0.25) is 0 Å². The Kier molecular flexibility index (Phi) is 6.96. The number of esters is 1. The minimum absolute atomic E-state index is 0.115. The molecule has 1 saturated heterocycles. The maximum atomic E-state index is 12.1. The van der Waals surface area contributed by atoms with Crippen molar-refractivity contribution < 1.29 is 19.1 Å². The molecule has 2 heterocycles. The summed E-state index contributed by atoms with van der Waals surface area (Å²) in [5, 5.41) is 3.33. The van der Waals surface area contributed by atoms with E-state index in [1.807, 2.05) is 0 Å². The standard InChI is InChI=1S/C19H24N4O4S/c1-14(24)21-19-20-11-17(28-19)12-22-7-9-23(10-8-22)13-18(25)27-16-5-3-15(26-2)4-6-16/h3-6,11H,7-10,12-13H2,1-2H3,(H,20,21,24). The Morgan fingerprint density at radius 1 is 1.11 bits per heavy atom. The number of nitrogens with one attached hydrogen (secondary N) is 1. The minimum Gasteiger partial charge on any atom is -0.497 e. The van der Waals surface area contributed by atoms with Gasteiger partial charge in [-0.25, -0.2) is 4.98 Å². The van der Waals surface area contributed by atoms with Crippen molar-refractivity contribution in [3.05, 3.63) is 35.3 Å². The predicted molar refractivity (Wildman–Crippen MR) is 107 cm³/mol. The highest BCUT2D eigenvalue weighted by molar-refractivity contribution is 7.15. The monoisotopic (exact) mass is 404 g/mol. The molecule has 1 N–H and O–H groups in total. The molecule has 1 amide bonds. The molecule has 0 radical (unpaired) electrons. The van der Waals surface area contributed by atoms with Gasteiger partial charge in [0.1, 0.15) is 11.5 Å². The summed E-state index contributed by atoms with van der Waals surface area (Å²) in [6.45, 7) is 5.87. The molecule has 1 aromatic heterocycles. The topological polar surface area (TPSA) is 84.0 Å². The first-order chi connectivity index (χ1) is 13.5. The van der Waals surface area contributed by atoms with Gasteiger partial charge < -0.3 is 14.8 Å². The SMILES string of the molecule is COc1ccc(OC(=O)CN2CCN(Cc3cnc(NC(C)=O)s3)CC2)cc1. The van der Waals surface area contributed by atoms with Gasteiger partial charge in [-0.15, -0.1) is 11.3 Å². The van der Waals surface area contributed by atoms with E-state index in [9.17, 15) is 9.59 Å². The van der Waals surface area contributed by atoms with Crippen molar-refractivity contribution >= 4 is 28.3 Å². The average molecular weight is 404 g/mol. The Morgan fingerprint density at radius 2 is 1.75 bits per heavy atom. The van der Waals surface area contributed by atoms with Crippen LogP contribution in [0, 0.1) is 0 Å². The number of nitrogens with zero attached hydrogens (tertiary/aromatic N) is 3. The number of carbonyl (C=O) groups excluding carboxylic acids is 2. The zero-order valence-electron chi connectivity index (χ0n) is 16.0. The number of rotatable bonds is 7. The van der Waals surface area contributed by atoms with E-state index in [0.29, 0.717) is 10.9 Å². The van der Waals surface area contributed by atoms with Gasteiger partial charge in [0.2, 0.25) is 5.91 Å². The normalized spacial score (nSPS) is 15.2. The fraction of sp³-hybridized carbons (Fsp3) is 0.421.